The summed E-state index contributed by atoms with van der Waals surface area (Å²) in [5.41, 5.74) is 5.95. The molecular weight excluding hydrogens is 495 g/mol. The quantitative estimate of drug-likeness (QED) is 0.232. The number of aromatic nitrogens is 2. The number of terminal acetylenes is 1. The second-order valence-electron chi connectivity index (χ2n) is 10.3. The summed E-state index contributed by atoms with van der Waals surface area (Å²) in [7, 11) is 0. The zero-order valence-corrected chi connectivity index (χ0v) is 22.4. The third-order valence-corrected chi connectivity index (χ3v) is 7.69. The first-order chi connectivity index (χ1) is 18.6. The van der Waals surface area contributed by atoms with Gasteiger partial charge in [-0.2, -0.15) is 13.2 Å². The lowest BCUT2D eigenvalue weighted by molar-refractivity contribution is -0.170. The zero-order valence-electron chi connectivity index (χ0n) is 22.4. The van der Waals surface area contributed by atoms with E-state index in [1.807, 2.05) is 42.3 Å². The van der Waals surface area contributed by atoms with Crippen LogP contribution >= 0.6 is 0 Å². The van der Waals surface area contributed by atoms with Gasteiger partial charge in [-0.1, -0.05) is 61.7 Å². The van der Waals surface area contributed by atoms with E-state index < -0.39 is 18.0 Å². The Morgan fingerprint density at radius 3 is 2.56 bits per heavy atom. The minimum Gasteiger partial charge on any atom is -0.261 e. The molecule has 1 aromatic carbocycles. The molecule has 0 aliphatic heterocycles. The fourth-order valence-corrected chi connectivity index (χ4v) is 5.46. The summed E-state index contributed by atoms with van der Waals surface area (Å²) in [5, 5.41) is 9.79. The number of nitrogens with zero attached hydrogens (tertiary/aromatic N) is 2. The van der Waals surface area contributed by atoms with E-state index in [9.17, 15) is 13.2 Å². The van der Waals surface area contributed by atoms with E-state index in [0.29, 0.717) is 19.3 Å². The standard InChI is InChI=1S/C33H32F3N3/c1-5-30(33(34,35)36)22(3)9-8-10-24-13-15-32(39-20-24)28-18-27(31-11-6-7-16-38-31)23(4)26-17-21(2)12-14-25(26)29(28)19-37/h1,6-7,10-17,20,22-23,27,30,37H,8-9,18H2,2-4H3. The Labute approximate surface area is 227 Å². The normalized spacial score (nSPS) is 20.8. The first kappa shape index (κ1) is 28.1. The number of hydrogen-bond acceptors (Lipinski definition) is 3. The summed E-state index contributed by atoms with van der Waals surface area (Å²) in [4.78, 5) is 9.40. The first-order valence-electron chi connectivity index (χ1n) is 13.1. The second kappa shape index (κ2) is 11.8. The lowest BCUT2D eigenvalue weighted by Crippen LogP contribution is -2.27. The van der Waals surface area contributed by atoms with E-state index in [4.69, 9.17) is 16.8 Å². The fraction of sp³-hybridized carbons (Fsp3) is 0.333. The van der Waals surface area contributed by atoms with Crippen molar-refractivity contribution in [1.82, 2.24) is 9.97 Å². The van der Waals surface area contributed by atoms with E-state index >= 15 is 0 Å². The van der Waals surface area contributed by atoms with Crippen LogP contribution < -0.4 is 10.6 Å². The molecule has 2 heterocycles. The maximum atomic E-state index is 13.1. The van der Waals surface area contributed by atoms with E-state index in [0.717, 1.165) is 38.5 Å². The molecule has 0 spiro atoms. The average molecular weight is 528 g/mol. The highest BCUT2D eigenvalue weighted by Gasteiger charge is 2.41. The van der Waals surface area contributed by atoms with Crippen molar-refractivity contribution in [3.05, 3.63) is 93.9 Å². The number of hydrogen-bond donors (Lipinski definition) is 1. The SMILES string of the molecule is C#CC(C(C)CCC=c1ccc(=C2CC(c3ccccn3)C(C)c3cc(C)ccc3C2=C=N)nc1)C(F)(F)F. The average Bonchev–Trinajstić information content (AvgIpc) is 3.03. The van der Waals surface area contributed by atoms with Crippen molar-refractivity contribution in [2.75, 3.05) is 0 Å². The third kappa shape index (κ3) is 6.21. The first-order valence-corrected chi connectivity index (χ1v) is 13.1. The van der Waals surface area contributed by atoms with Crippen molar-refractivity contribution in [2.45, 2.75) is 58.0 Å². The van der Waals surface area contributed by atoms with Crippen molar-refractivity contribution in [1.29, 1.82) is 5.41 Å². The smallest absolute Gasteiger partial charge is 0.261 e. The number of aryl methyl sites for hydroxylation is 1. The molecule has 0 amide bonds. The zero-order chi connectivity index (χ0) is 28.2. The minimum atomic E-state index is -4.39. The highest BCUT2D eigenvalue weighted by atomic mass is 19.4. The third-order valence-electron chi connectivity index (χ3n) is 7.69. The summed E-state index contributed by atoms with van der Waals surface area (Å²) < 4.78 is 39.3. The molecule has 200 valence electrons. The number of rotatable bonds is 5. The van der Waals surface area contributed by atoms with Crippen LogP contribution in [-0.2, 0) is 0 Å². The van der Waals surface area contributed by atoms with Crippen molar-refractivity contribution in [2.24, 2.45) is 11.8 Å². The monoisotopic (exact) mass is 527 g/mol. The van der Waals surface area contributed by atoms with Gasteiger partial charge in [-0.25, -0.2) is 0 Å². The second-order valence-corrected chi connectivity index (χ2v) is 10.3. The number of alkyl halides is 3. The largest absolute Gasteiger partial charge is 0.402 e. The molecule has 0 saturated heterocycles. The molecule has 6 heteroatoms. The minimum absolute atomic E-state index is 0.0832. The van der Waals surface area contributed by atoms with E-state index in [1.165, 1.54) is 5.56 Å². The van der Waals surface area contributed by atoms with Crippen LogP contribution in [0.15, 0.2) is 60.9 Å². The van der Waals surface area contributed by atoms with Crippen molar-refractivity contribution < 1.29 is 13.2 Å². The van der Waals surface area contributed by atoms with Crippen LogP contribution in [0.25, 0.3) is 17.2 Å². The molecule has 3 aromatic rings. The van der Waals surface area contributed by atoms with Crippen LogP contribution in [0.2, 0.25) is 0 Å². The maximum Gasteiger partial charge on any atom is 0.402 e. The number of fused-ring (bicyclic) bond motifs is 1. The van der Waals surface area contributed by atoms with Gasteiger partial charge in [0.05, 0.1) is 5.35 Å². The Balaban J connectivity index is 1.72. The summed E-state index contributed by atoms with van der Waals surface area (Å²) in [6.45, 7) is 5.82. The van der Waals surface area contributed by atoms with Crippen molar-refractivity contribution >= 4 is 23.1 Å². The van der Waals surface area contributed by atoms with Gasteiger partial charge in [0.25, 0.3) is 0 Å². The topological polar surface area (TPSA) is 49.6 Å². The summed E-state index contributed by atoms with van der Waals surface area (Å²) in [5.74, 6) is 2.43. The van der Waals surface area contributed by atoms with Crippen molar-refractivity contribution in [3.63, 3.8) is 0 Å². The molecule has 0 fully saturated rings. The van der Waals surface area contributed by atoms with Gasteiger partial charge in [-0.05, 0) is 84.0 Å². The van der Waals surface area contributed by atoms with Crippen LogP contribution in [0.3, 0.4) is 0 Å². The Morgan fingerprint density at radius 2 is 1.95 bits per heavy atom. The molecule has 2 aromatic heterocycles. The van der Waals surface area contributed by atoms with Gasteiger partial charge >= 0.3 is 6.18 Å². The molecule has 1 aliphatic rings. The number of halogens is 3. The highest BCUT2D eigenvalue weighted by Crippen LogP contribution is 2.46. The maximum absolute atomic E-state index is 13.1. The number of nitrogens with one attached hydrogen (secondary N) is 1. The molecule has 4 atom stereocenters. The molecule has 0 saturated carbocycles. The van der Waals surface area contributed by atoms with Gasteiger partial charge in [-0.15, -0.1) is 6.42 Å². The van der Waals surface area contributed by atoms with Gasteiger partial charge in [0.1, 0.15) is 5.92 Å². The molecule has 0 radical (unpaired) electrons. The number of benzene rings is 1. The number of pyridine rings is 2. The molecule has 1 N–H and O–H groups in total. The molecule has 3 nitrogen and oxygen atoms in total. The Bertz CT molecular complexity index is 1520. The highest BCUT2D eigenvalue weighted by molar-refractivity contribution is 6.11. The van der Waals surface area contributed by atoms with E-state index in [2.05, 4.69) is 42.9 Å². The van der Waals surface area contributed by atoms with Crippen LogP contribution in [0.4, 0.5) is 13.2 Å². The van der Waals surface area contributed by atoms with E-state index in [-0.39, 0.29) is 11.8 Å². The predicted octanol–water partition coefficient (Wildman–Crippen LogP) is 6.57. The van der Waals surface area contributed by atoms with Crippen LogP contribution in [0.5, 0.6) is 0 Å². The predicted molar refractivity (Wildman–Crippen MR) is 150 cm³/mol. The van der Waals surface area contributed by atoms with Gasteiger partial charge in [0, 0.05) is 29.6 Å². The number of allylic oxidation sites excluding steroid dienone is 1. The van der Waals surface area contributed by atoms with Gasteiger partial charge < -0.3 is 0 Å². The van der Waals surface area contributed by atoms with Crippen LogP contribution in [0.1, 0.15) is 67.3 Å². The van der Waals surface area contributed by atoms with Gasteiger partial charge in [0.15, 0.2) is 0 Å². The molecule has 1 aliphatic carbocycles. The van der Waals surface area contributed by atoms with E-state index in [1.54, 1.807) is 19.3 Å². The molecule has 4 rings (SSSR count). The van der Waals surface area contributed by atoms with Gasteiger partial charge in [-0.3, -0.25) is 15.4 Å². The summed E-state index contributed by atoms with van der Waals surface area (Å²) in [6.07, 6.45) is 7.61. The van der Waals surface area contributed by atoms with Crippen molar-refractivity contribution in [3.8, 4) is 12.3 Å². The molecule has 0 bridgehead atoms. The summed E-state index contributed by atoms with van der Waals surface area (Å²) >= 11 is 0. The molecule has 39 heavy (non-hydrogen) atoms. The Kier molecular flexibility index (Phi) is 8.53. The fourth-order valence-electron chi connectivity index (χ4n) is 5.46. The molecule has 4 unspecified atom stereocenters. The molecular formula is C33H32F3N3. The van der Waals surface area contributed by atoms with Gasteiger partial charge in [0.2, 0.25) is 0 Å². The van der Waals surface area contributed by atoms with Crippen LogP contribution in [0, 0.1) is 36.5 Å². The lowest BCUT2D eigenvalue weighted by atomic mass is 9.82. The Morgan fingerprint density at radius 1 is 1.15 bits per heavy atom. The summed E-state index contributed by atoms with van der Waals surface area (Å²) in [6, 6.07) is 16.1. The lowest BCUT2D eigenvalue weighted by Gasteiger charge is -2.23. The Hall–Kier alpha value is -3.94. The van der Waals surface area contributed by atoms with Crippen LogP contribution in [-0.4, -0.2) is 22.0 Å².